The van der Waals surface area contributed by atoms with Crippen LogP contribution in [0.3, 0.4) is 0 Å². The Balaban J connectivity index is 1.90. The Labute approximate surface area is 119 Å². The first-order valence-electron chi connectivity index (χ1n) is 6.86. The molecule has 0 radical (unpaired) electrons. The molecule has 4 nitrogen and oxygen atoms in total. The molecular weight excluding hydrogens is 252 g/mol. The van der Waals surface area contributed by atoms with Crippen molar-refractivity contribution in [3.63, 3.8) is 0 Å². The van der Waals surface area contributed by atoms with Crippen molar-refractivity contribution in [3.8, 4) is 0 Å². The molecule has 0 saturated heterocycles. The zero-order valence-electron chi connectivity index (χ0n) is 11.9. The number of aryl methyl sites for hydroxylation is 1. The Kier molecular flexibility index (Phi) is 4.82. The second-order valence-electron chi connectivity index (χ2n) is 4.65. The minimum atomic E-state index is -0.0531. The molecular formula is C16H20N2O2. The lowest BCUT2D eigenvalue weighted by atomic mass is 10.1. The summed E-state index contributed by atoms with van der Waals surface area (Å²) in [6.45, 7) is 5.49. The first-order valence-corrected chi connectivity index (χ1v) is 6.86. The van der Waals surface area contributed by atoms with E-state index in [0.717, 1.165) is 23.6 Å². The monoisotopic (exact) mass is 272 g/mol. The summed E-state index contributed by atoms with van der Waals surface area (Å²) in [7, 11) is 0. The van der Waals surface area contributed by atoms with Crippen LogP contribution in [-0.2, 0) is 6.42 Å². The van der Waals surface area contributed by atoms with Gasteiger partial charge in [0.25, 0.3) is 5.91 Å². The van der Waals surface area contributed by atoms with E-state index in [4.69, 9.17) is 4.42 Å². The highest BCUT2D eigenvalue weighted by Crippen LogP contribution is 2.16. The number of furan rings is 1. The van der Waals surface area contributed by atoms with Crippen molar-refractivity contribution in [2.45, 2.75) is 20.3 Å². The van der Waals surface area contributed by atoms with Gasteiger partial charge in [-0.1, -0.05) is 0 Å². The van der Waals surface area contributed by atoms with Crippen molar-refractivity contribution >= 4 is 11.6 Å². The quantitative estimate of drug-likeness (QED) is 0.850. The zero-order valence-corrected chi connectivity index (χ0v) is 11.9. The highest BCUT2D eigenvalue weighted by Gasteiger charge is 2.07. The average Bonchev–Trinajstić information content (AvgIpc) is 2.94. The maximum Gasteiger partial charge on any atom is 0.251 e. The molecule has 4 heteroatoms. The van der Waals surface area contributed by atoms with E-state index in [-0.39, 0.29) is 5.91 Å². The third-order valence-electron chi connectivity index (χ3n) is 3.09. The lowest BCUT2D eigenvalue weighted by molar-refractivity contribution is 0.0953. The van der Waals surface area contributed by atoms with E-state index < -0.39 is 0 Å². The van der Waals surface area contributed by atoms with Gasteiger partial charge in [-0.15, -0.1) is 0 Å². The van der Waals surface area contributed by atoms with Gasteiger partial charge in [-0.25, -0.2) is 0 Å². The molecule has 1 aromatic carbocycles. The number of benzene rings is 1. The van der Waals surface area contributed by atoms with Crippen LogP contribution >= 0.6 is 0 Å². The van der Waals surface area contributed by atoms with Gasteiger partial charge in [0.05, 0.1) is 6.26 Å². The Morgan fingerprint density at radius 3 is 2.80 bits per heavy atom. The fourth-order valence-corrected chi connectivity index (χ4v) is 2.05. The summed E-state index contributed by atoms with van der Waals surface area (Å²) in [5.41, 5.74) is 2.83. The minimum Gasteiger partial charge on any atom is -0.469 e. The minimum absolute atomic E-state index is 0.0531. The van der Waals surface area contributed by atoms with E-state index in [1.807, 2.05) is 37.3 Å². The van der Waals surface area contributed by atoms with E-state index >= 15 is 0 Å². The van der Waals surface area contributed by atoms with Crippen molar-refractivity contribution in [2.24, 2.45) is 0 Å². The molecule has 0 bridgehead atoms. The molecule has 1 heterocycles. The molecule has 0 spiro atoms. The average molecular weight is 272 g/mol. The first-order chi connectivity index (χ1) is 9.70. The second kappa shape index (κ2) is 6.80. The van der Waals surface area contributed by atoms with Crippen molar-refractivity contribution < 1.29 is 9.21 Å². The van der Waals surface area contributed by atoms with Crippen molar-refractivity contribution in [1.82, 2.24) is 5.32 Å². The highest BCUT2D eigenvalue weighted by molar-refractivity contribution is 5.94. The van der Waals surface area contributed by atoms with Gasteiger partial charge in [0.2, 0.25) is 0 Å². The molecule has 2 N–H and O–H groups in total. The number of hydrogen-bond acceptors (Lipinski definition) is 3. The smallest absolute Gasteiger partial charge is 0.251 e. The zero-order chi connectivity index (χ0) is 14.4. The van der Waals surface area contributed by atoms with Gasteiger partial charge in [-0.05, 0) is 49.7 Å². The summed E-state index contributed by atoms with van der Waals surface area (Å²) in [4.78, 5) is 12.0. The number of carbonyl (C=O) groups is 1. The predicted molar refractivity (Wildman–Crippen MR) is 80.1 cm³/mol. The SMILES string of the molecule is CCNc1ccc(C(=O)NCCc2ccco2)cc1C. The molecule has 1 aromatic heterocycles. The highest BCUT2D eigenvalue weighted by atomic mass is 16.3. The molecule has 2 aromatic rings. The van der Waals surface area contributed by atoms with E-state index in [1.54, 1.807) is 6.26 Å². The number of amides is 1. The molecule has 0 aliphatic heterocycles. The molecule has 0 fully saturated rings. The Bertz CT molecular complexity index is 562. The van der Waals surface area contributed by atoms with Crippen LogP contribution < -0.4 is 10.6 Å². The molecule has 1 amide bonds. The fourth-order valence-electron chi connectivity index (χ4n) is 2.05. The van der Waals surface area contributed by atoms with Crippen LogP contribution in [0.15, 0.2) is 41.0 Å². The fraction of sp³-hybridized carbons (Fsp3) is 0.312. The molecule has 0 unspecified atom stereocenters. The largest absolute Gasteiger partial charge is 0.469 e. The molecule has 2 rings (SSSR count). The van der Waals surface area contributed by atoms with Crippen LogP contribution in [-0.4, -0.2) is 19.0 Å². The van der Waals surface area contributed by atoms with E-state index in [1.165, 1.54) is 0 Å². The summed E-state index contributed by atoms with van der Waals surface area (Å²) in [6.07, 6.45) is 2.34. The molecule has 20 heavy (non-hydrogen) atoms. The number of hydrogen-bond donors (Lipinski definition) is 2. The van der Waals surface area contributed by atoms with Crippen LogP contribution in [0.1, 0.15) is 28.6 Å². The number of rotatable bonds is 6. The Morgan fingerprint density at radius 1 is 1.30 bits per heavy atom. The van der Waals surface area contributed by atoms with Crippen LogP contribution in [0.25, 0.3) is 0 Å². The predicted octanol–water partition coefficient (Wildman–Crippen LogP) is 2.99. The second-order valence-corrected chi connectivity index (χ2v) is 4.65. The van der Waals surface area contributed by atoms with Gasteiger partial charge in [-0.2, -0.15) is 0 Å². The first kappa shape index (κ1) is 14.2. The van der Waals surface area contributed by atoms with Crippen molar-refractivity contribution in [2.75, 3.05) is 18.4 Å². The number of nitrogens with one attached hydrogen (secondary N) is 2. The summed E-state index contributed by atoms with van der Waals surface area (Å²) in [5, 5.41) is 6.16. The molecule has 0 atom stereocenters. The summed E-state index contributed by atoms with van der Waals surface area (Å²) in [6, 6.07) is 9.44. The van der Waals surface area contributed by atoms with E-state index in [2.05, 4.69) is 17.6 Å². The summed E-state index contributed by atoms with van der Waals surface area (Å²) >= 11 is 0. The van der Waals surface area contributed by atoms with E-state index in [0.29, 0.717) is 18.5 Å². The van der Waals surface area contributed by atoms with Crippen LogP contribution in [0, 0.1) is 6.92 Å². The van der Waals surface area contributed by atoms with Gasteiger partial charge < -0.3 is 15.1 Å². The van der Waals surface area contributed by atoms with Crippen LogP contribution in [0.4, 0.5) is 5.69 Å². The van der Waals surface area contributed by atoms with Crippen LogP contribution in [0.5, 0.6) is 0 Å². The number of carbonyl (C=O) groups excluding carboxylic acids is 1. The lowest BCUT2D eigenvalue weighted by Crippen LogP contribution is -2.25. The summed E-state index contributed by atoms with van der Waals surface area (Å²) in [5.74, 6) is 0.826. The molecule has 0 saturated carbocycles. The maximum absolute atomic E-state index is 12.0. The standard InChI is InChI=1S/C16H20N2O2/c1-3-17-15-7-6-13(11-12(15)2)16(19)18-9-8-14-5-4-10-20-14/h4-7,10-11,17H,3,8-9H2,1-2H3,(H,18,19). The normalized spacial score (nSPS) is 10.3. The third-order valence-corrected chi connectivity index (χ3v) is 3.09. The summed E-state index contributed by atoms with van der Waals surface area (Å²) < 4.78 is 5.22. The van der Waals surface area contributed by atoms with Crippen LogP contribution in [0.2, 0.25) is 0 Å². The maximum atomic E-state index is 12.0. The third kappa shape index (κ3) is 3.63. The van der Waals surface area contributed by atoms with Gasteiger partial charge in [-0.3, -0.25) is 4.79 Å². The van der Waals surface area contributed by atoms with Gasteiger partial charge >= 0.3 is 0 Å². The van der Waals surface area contributed by atoms with Crippen molar-refractivity contribution in [3.05, 3.63) is 53.5 Å². The topological polar surface area (TPSA) is 54.3 Å². The van der Waals surface area contributed by atoms with Gasteiger partial charge in [0.15, 0.2) is 0 Å². The molecule has 0 aliphatic carbocycles. The molecule has 0 aliphatic rings. The van der Waals surface area contributed by atoms with Gasteiger partial charge in [0.1, 0.15) is 5.76 Å². The van der Waals surface area contributed by atoms with Gasteiger partial charge in [0, 0.05) is 30.8 Å². The Morgan fingerprint density at radius 2 is 2.15 bits per heavy atom. The molecule has 106 valence electrons. The number of anilines is 1. The Hall–Kier alpha value is -2.23. The van der Waals surface area contributed by atoms with Crippen molar-refractivity contribution in [1.29, 1.82) is 0 Å². The van der Waals surface area contributed by atoms with E-state index in [9.17, 15) is 4.79 Å². The lowest BCUT2D eigenvalue weighted by Gasteiger charge is -2.10.